The number of hydrogen-bond acceptors (Lipinski definition) is 2. The zero-order valence-corrected chi connectivity index (χ0v) is 12.5. The summed E-state index contributed by atoms with van der Waals surface area (Å²) < 4.78 is 29.1. The van der Waals surface area contributed by atoms with Gasteiger partial charge in [-0.15, -0.1) is 11.6 Å². The predicted octanol–water partition coefficient (Wildman–Crippen LogP) is 3.54. The number of benzene rings is 1. The number of imidazole rings is 1. The van der Waals surface area contributed by atoms with Crippen molar-refractivity contribution in [3.8, 4) is 0 Å². The molecular weight excluding hydrogens is 296 g/mol. The van der Waals surface area contributed by atoms with E-state index in [0.29, 0.717) is 17.9 Å². The second kappa shape index (κ2) is 6.28. The van der Waals surface area contributed by atoms with Crippen molar-refractivity contribution in [2.75, 3.05) is 19.6 Å². The summed E-state index contributed by atoms with van der Waals surface area (Å²) in [5, 5.41) is 0. The summed E-state index contributed by atoms with van der Waals surface area (Å²) >= 11 is 5.90. The molecule has 1 aromatic carbocycles. The van der Waals surface area contributed by atoms with Crippen LogP contribution in [0.4, 0.5) is 8.78 Å². The van der Waals surface area contributed by atoms with Crippen molar-refractivity contribution in [2.45, 2.75) is 31.7 Å². The average molecular weight is 314 g/mol. The van der Waals surface area contributed by atoms with E-state index in [1.165, 1.54) is 25.3 Å². The fourth-order valence-electron chi connectivity index (χ4n) is 2.97. The van der Waals surface area contributed by atoms with Crippen LogP contribution in [0.5, 0.6) is 0 Å². The smallest absolute Gasteiger partial charge is 0.153 e. The average Bonchev–Trinajstić information content (AvgIpc) is 2.84. The molecule has 0 atom stereocenters. The quantitative estimate of drug-likeness (QED) is 0.805. The van der Waals surface area contributed by atoms with Gasteiger partial charge in [-0.1, -0.05) is 6.42 Å². The Bertz CT molecular complexity index is 635. The lowest BCUT2D eigenvalue weighted by Gasteiger charge is -2.26. The fraction of sp³-hybridized carbons (Fsp3) is 0.533. The van der Waals surface area contributed by atoms with Crippen LogP contribution in [0.1, 0.15) is 25.1 Å². The number of piperidine rings is 1. The number of likely N-dealkylation sites (tertiary alicyclic amines) is 1. The molecule has 21 heavy (non-hydrogen) atoms. The summed E-state index contributed by atoms with van der Waals surface area (Å²) in [4.78, 5) is 6.58. The van der Waals surface area contributed by atoms with Crippen molar-refractivity contribution in [2.24, 2.45) is 0 Å². The highest BCUT2D eigenvalue weighted by molar-refractivity contribution is 6.16. The third kappa shape index (κ3) is 3.04. The van der Waals surface area contributed by atoms with Crippen molar-refractivity contribution < 1.29 is 8.78 Å². The molecule has 0 aliphatic carbocycles. The molecule has 0 amide bonds. The van der Waals surface area contributed by atoms with Gasteiger partial charge in [0.2, 0.25) is 0 Å². The van der Waals surface area contributed by atoms with Gasteiger partial charge in [-0.05, 0) is 32.0 Å². The molecular formula is C15H18ClF2N3. The summed E-state index contributed by atoms with van der Waals surface area (Å²) in [7, 11) is 0. The Morgan fingerprint density at radius 3 is 2.57 bits per heavy atom. The molecule has 2 heterocycles. The number of halogens is 3. The van der Waals surface area contributed by atoms with E-state index >= 15 is 0 Å². The molecule has 0 saturated carbocycles. The van der Waals surface area contributed by atoms with Crippen molar-refractivity contribution in [3.63, 3.8) is 0 Å². The van der Waals surface area contributed by atoms with Crippen LogP contribution < -0.4 is 0 Å². The highest BCUT2D eigenvalue weighted by Gasteiger charge is 2.16. The Hall–Kier alpha value is -1.20. The zero-order chi connectivity index (χ0) is 14.8. The normalized spacial score (nSPS) is 16.7. The monoisotopic (exact) mass is 313 g/mol. The SMILES string of the molecule is Fc1cc(F)c2nc(CCl)n(CCN3CCCCC3)c2c1. The maximum Gasteiger partial charge on any atom is 0.153 e. The number of fused-ring (bicyclic) bond motifs is 1. The Morgan fingerprint density at radius 2 is 1.86 bits per heavy atom. The third-order valence-electron chi connectivity index (χ3n) is 4.06. The molecule has 1 aliphatic heterocycles. The summed E-state index contributed by atoms with van der Waals surface area (Å²) in [5.41, 5.74) is 0.686. The number of aromatic nitrogens is 2. The maximum atomic E-state index is 13.8. The molecule has 3 rings (SSSR count). The Labute approximate surface area is 127 Å². The third-order valence-corrected chi connectivity index (χ3v) is 4.30. The lowest BCUT2D eigenvalue weighted by molar-refractivity contribution is 0.221. The van der Waals surface area contributed by atoms with Crippen molar-refractivity contribution in [1.82, 2.24) is 14.5 Å². The van der Waals surface area contributed by atoms with Crippen LogP contribution >= 0.6 is 11.6 Å². The van der Waals surface area contributed by atoms with Crippen molar-refractivity contribution in [1.29, 1.82) is 0 Å². The van der Waals surface area contributed by atoms with Crippen LogP contribution in [-0.2, 0) is 12.4 Å². The van der Waals surface area contributed by atoms with Crippen molar-refractivity contribution >= 4 is 22.6 Å². The number of rotatable bonds is 4. The molecule has 1 aliphatic rings. The van der Waals surface area contributed by atoms with Gasteiger partial charge in [0.15, 0.2) is 5.82 Å². The van der Waals surface area contributed by atoms with E-state index in [1.807, 2.05) is 4.57 Å². The van der Waals surface area contributed by atoms with Crippen LogP contribution in [-0.4, -0.2) is 34.1 Å². The van der Waals surface area contributed by atoms with E-state index in [4.69, 9.17) is 11.6 Å². The van der Waals surface area contributed by atoms with Crippen LogP contribution in [0.15, 0.2) is 12.1 Å². The fourth-order valence-corrected chi connectivity index (χ4v) is 3.18. The lowest BCUT2D eigenvalue weighted by atomic mass is 10.1. The first kappa shape index (κ1) is 14.7. The molecule has 1 saturated heterocycles. The Morgan fingerprint density at radius 1 is 1.10 bits per heavy atom. The number of alkyl halides is 1. The van der Waals surface area contributed by atoms with Gasteiger partial charge >= 0.3 is 0 Å². The van der Waals surface area contributed by atoms with Crippen LogP contribution in [0.3, 0.4) is 0 Å². The second-order valence-corrected chi connectivity index (χ2v) is 5.74. The van der Waals surface area contributed by atoms with E-state index in [0.717, 1.165) is 25.7 Å². The van der Waals surface area contributed by atoms with E-state index in [2.05, 4.69) is 9.88 Å². The van der Waals surface area contributed by atoms with Crippen LogP contribution in [0.25, 0.3) is 11.0 Å². The van der Waals surface area contributed by atoms with Crippen LogP contribution in [0, 0.1) is 11.6 Å². The molecule has 114 valence electrons. The Balaban J connectivity index is 1.88. The first-order valence-corrected chi connectivity index (χ1v) is 7.85. The van der Waals surface area contributed by atoms with Gasteiger partial charge in [0.25, 0.3) is 0 Å². The molecule has 1 fully saturated rings. The van der Waals surface area contributed by atoms with E-state index in [1.54, 1.807) is 0 Å². The molecule has 0 bridgehead atoms. The molecule has 0 spiro atoms. The minimum atomic E-state index is -0.631. The molecule has 2 aromatic rings. The zero-order valence-electron chi connectivity index (χ0n) is 11.8. The minimum Gasteiger partial charge on any atom is -0.326 e. The van der Waals surface area contributed by atoms with Crippen LogP contribution in [0.2, 0.25) is 0 Å². The summed E-state index contributed by atoms with van der Waals surface area (Å²) in [6.45, 7) is 3.69. The second-order valence-electron chi connectivity index (χ2n) is 5.47. The summed E-state index contributed by atoms with van der Waals surface area (Å²) in [5.74, 6) is -0.433. The summed E-state index contributed by atoms with van der Waals surface area (Å²) in [6, 6.07) is 2.19. The standard InChI is InChI=1S/C15H18ClF2N3/c16-10-14-19-15-12(18)8-11(17)9-13(15)21(14)7-6-20-4-2-1-3-5-20/h8-9H,1-7,10H2. The first-order valence-electron chi connectivity index (χ1n) is 7.31. The van der Waals surface area contributed by atoms with E-state index in [-0.39, 0.29) is 11.4 Å². The molecule has 6 heteroatoms. The highest BCUT2D eigenvalue weighted by Crippen LogP contribution is 2.22. The number of hydrogen-bond donors (Lipinski definition) is 0. The first-order chi connectivity index (χ1) is 10.2. The lowest BCUT2D eigenvalue weighted by Crippen LogP contribution is -2.32. The summed E-state index contributed by atoms with van der Waals surface area (Å²) in [6.07, 6.45) is 3.72. The minimum absolute atomic E-state index is 0.190. The van der Waals surface area contributed by atoms with Gasteiger partial charge in [0, 0.05) is 19.2 Å². The maximum absolute atomic E-state index is 13.8. The van der Waals surface area contributed by atoms with Gasteiger partial charge in [0.05, 0.1) is 11.4 Å². The molecule has 0 unspecified atom stereocenters. The molecule has 1 aromatic heterocycles. The van der Waals surface area contributed by atoms with Gasteiger partial charge in [-0.3, -0.25) is 0 Å². The van der Waals surface area contributed by atoms with Gasteiger partial charge in [0.1, 0.15) is 17.2 Å². The van der Waals surface area contributed by atoms with E-state index < -0.39 is 11.6 Å². The molecule has 0 radical (unpaired) electrons. The molecule has 3 nitrogen and oxygen atoms in total. The number of nitrogens with zero attached hydrogens (tertiary/aromatic N) is 3. The largest absolute Gasteiger partial charge is 0.326 e. The van der Waals surface area contributed by atoms with Crippen molar-refractivity contribution in [3.05, 3.63) is 29.6 Å². The van der Waals surface area contributed by atoms with Gasteiger partial charge < -0.3 is 9.47 Å². The topological polar surface area (TPSA) is 21.1 Å². The van der Waals surface area contributed by atoms with E-state index in [9.17, 15) is 8.78 Å². The predicted molar refractivity (Wildman–Crippen MR) is 79.5 cm³/mol. The van der Waals surface area contributed by atoms with Gasteiger partial charge in [-0.25, -0.2) is 13.8 Å². The molecule has 0 N–H and O–H groups in total. The highest BCUT2D eigenvalue weighted by atomic mass is 35.5. The van der Waals surface area contributed by atoms with Gasteiger partial charge in [-0.2, -0.15) is 0 Å². The Kier molecular flexibility index (Phi) is 4.40.